The summed E-state index contributed by atoms with van der Waals surface area (Å²) in [6, 6.07) is 8.36. The van der Waals surface area contributed by atoms with E-state index in [2.05, 4.69) is 50.1 Å². The second-order valence-electron chi connectivity index (χ2n) is 5.41. The molecule has 1 aliphatic heterocycles. The maximum absolute atomic E-state index is 11.0. The minimum Gasteiger partial charge on any atom is -0.385 e. The van der Waals surface area contributed by atoms with Crippen molar-refractivity contribution in [2.24, 2.45) is 5.92 Å². The molecular formula is C15H23NO. The van der Waals surface area contributed by atoms with E-state index in [-0.39, 0.29) is 0 Å². The van der Waals surface area contributed by atoms with Crippen molar-refractivity contribution in [3.63, 3.8) is 0 Å². The van der Waals surface area contributed by atoms with Gasteiger partial charge in [-0.2, -0.15) is 0 Å². The molecule has 0 radical (unpaired) electrons. The Balaban J connectivity index is 2.30. The quantitative estimate of drug-likeness (QED) is 0.848. The van der Waals surface area contributed by atoms with E-state index in [0.29, 0.717) is 5.92 Å². The lowest BCUT2D eigenvalue weighted by atomic mass is 9.75. The van der Waals surface area contributed by atoms with Crippen LogP contribution in [-0.4, -0.2) is 30.1 Å². The van der Waals surface area contributed by atoms with Crippen molar-refractivity contribution in [1.82, 2.24) is 4.90 Å². The number of hydrogen-bond acceptors (Lipinski definition) is 2. The number of benzene rings is 1. The van der Waals surface area contributed by atoms with Crippen molar-refractivity contribution in [1.29, 1.82) is 0 Å². The summed E-state index contributed by atoms with van der Waals surface area (Å²) in [5, 5.41) is 11.0. The SMILES string of the molecule is CCC1CN(C)CCC1(O)c1ccc(C)cc1. The van der Waals surface area contributed by atoms with Crippen molar-refractivity contribution in [3.8, 4) is 0 Å². The highest BCUT2D eigenvalue weighted by molar-refractivity contribution is 5.28. The lowest BCUT2D eigenvalue weighted by Crippen LogP contribution is -2.48. The number of aliphatic hydroxyl groups is 1. The maximum Gasteiger partial charge on any atom is 0.0948 e. The summed E-state index contributed by atoms with van der Waals surface area (Å²) in [5.74, 6) is 0.337. The molecule has 1 aliphatic rings. The molecule has 17 heavy (non-hydrogen) atoms. The Kier molecular flexibility index (Phi) is 3.55. The van der Waals surface area contributed by atoms with Gasteiger partial charge in [-0.25, -0.2) is 0 Å². The fraction of sp³-hybridized carbons (Fsp3) is 0.600. The predicted molar refractivity (Wildman–Crippen MR) is 71.0 cm³/mol. The molecule has 1 fully saturated rings. The molecule has 2 unspecified atom stereocenters. The van der Waals surface area contributed by atoms with Gasteiger partial charge in [0, 0.05) is 19.0 Å². The zero-order valence-electron chi connectivity index (χ0n) is 11.1. The van der Waals surface area contributed by atoms with Crippen LogP contribution in [0.2, 0.25) is 0 Å². The number of hydrogen-bond donors (Lipinski definition) is 1. The first-order valence-electron chi connectivity index (χ1n) is 6.54. The molecule has 2 atom stereocenters. The van der Waals surface area contributed by atoms with E-state index in [1.54, 1.807) is 0 Å². The second-order valence-corrected chi connectivity index (χ2v) is 5.41. The average molecular weight is 233 g/mol. The van der Waals surface area contributed by atoms with Gasteiger partial charge >= 0.3 is 0 Å². The zero-order chi connectivity index (χ0) is 12.5. The van der Waals surface area contributed by atoms with E-state index in [1.807, 2.05) is 0 Å². The zero-order valence-corrected chi connectivity index (χ0v) is 11.1. The molecule has 0 spiro atoms. The summed E-state index contributed by atoms with van der Waals surface area (Å²) in [4.78, 5) is 2.32. The largest absolute Gasteiger partial charge is 0.385 e. The van der Waals surface area contributed by atoms with Gasteiger partial charge in [-0.15, -0.1) is 0 Å². The molecule has 0 amide bonds. The molecule has 0 bridgehead atoms. The van der Waals surface area contributed by atoms with Crippen LogP contribution in [0, 0.1) is 12.8 Å². The molecule has 1 aromatic rings. The molecule has 1 N–H and O–H groups in total. The van der Waals surface area contributed by atoms with Gasteiger partial charge in [0.1, 0.15) is 0 Å². The Labute approximate surface area is 104 Å². The summed E-state index contributed by atoms with van der Waals surface area (Å²) < 4.78 is 0. The Morgan fingerprint density at radius 2 is 2.00 bits per heavy atom. The van der Waals surface area contributed by atoms with Crippen LogP contribution >= 0.6 is 0 Å². The normalized spacial score (nSPS) is 30.5. The van der Waals surface area contributed by atoms with Crippen LogP contribution < -0.4 is 0 Å². The Morgan fingerprint density at radius 1 is 1.35 bits per heavy atom. The van der Waals surface area contributed by atoms with Gasteiger partial charge in [-0.3, -0.25) is 0 Å². The van der Waals surface area contributed by atoms with Gasteiger partial charge in [0.25, 0.3) is 0 Å². The van der Waals surface area contributed by atoms with Crippen molar-refractivity contribution < 1.29 is 5.11 Å². The lowest BCUT2D eigenvalue weighted by molar-refractivity contribution is -0.0743. The van der Waals surface area contributed by atoms with Crippen LogP contribution in [0.5, 0.6) is 0 Å². The van der Waals surface area contributed by atoms with E-state index >= 15 is 0 Å². The third-order valence-electron chi connectivity index (χ3n) is 4.13. The molecule has 1 saturated heterocycles. The highest BCUT2D eigenvalue weighted by Gasteiger charge is 2.40. The van der Waals surface area contributed by atoms with Crippen LogP contribution in [0.1, 0.15) is 30.9 Å². The van der Waals surface area contributed by atoms with Crippen molar-refractivity contribution in [2.75, 3.05) is 20.1 Å². The average Bonchev–Trinajstić information content (AvgIpc) is 2.33. The van der Waals surface area contributed by atoms with Gasteiger partial charge in [0.15, 0.2) is 0 Å². The molecule has 0 saturated carbocycles. The van der Waals surface area contributed by atoms with Gasteiger partial charge in [-0.05, 0) is 32.4 Å². The first-order valence-corrected chi connectivity index (χ1v) is 6.54. The Bertz CT molecular complexity index is 373. The van der Waals surface area contributed by atoms with E-state index in [4.69, 9.17) is 0 Å². The third-order valence-corrected chi connectivity index (χ3v) is 4.13. The van der Waals surface area contributed by atoms with E-state index in [0.717, 1.165) is 31.5 Å². The van der Waals surface area contributed by atoms with Crippen LogP contribution in [0.15, 0.2) is 24.3 Å². The summed E-state index contributed by atoms with van der Waals surface area (Å²) in [6.45, 7) is 6.21. The highest BCUT2D eigenvalue weighted by atomic mass is 16.3. The molecule has 0 aromatic heterocycles. The fourth-order valence-corrected chi connectivity index (χ4v) is 2.87. The predicted octanol–water partition coefficient (Wildman–Crippen LogP) is 2.54. The first kappa shape index (κ1) is 12.6. The van der Waals surface area contributed by atoms with E-state index in [9.17, 15) is 5.11 Å². The van der Waals surface area contributed by atoms with Crippen LogP contribution in [-0.2, 0) is 5.60 Å². The van der Waals surface area contributed by atoms with Crippen molar-refractivity contribution in [2.45, 2.75) is 32.3 Å². The number of likely N-dealkylation sites (tertiary alicyclic amines) is 1. The Hall–Kier alpha value is -0.860. The van der Waals surface area contributed by atoms with Gasteiger partial charge in [0.2, 0.25) is 0 Å². The molecule has 0 aliphatic carbocycles. The lowest BCUT2D eigenvalue weighted by Gasteiger charge is -2.43. The maximum atomic E-state index is 11.0. The Morgan fingerprint density at radius 3 is 2.59 bits per heavy atom. The van der Waals surface area contributed by atoms with Crippen molar-refractivity contribution in [3.05, 3.63) is 35.4 Å². The molecule has 94 valence electrons. The minimum atomic E-state index is -0.630. The summed E-state index contributed by atoms with van der Waals surface area (Å²) in [5.41, 5.74) is 1.70. The molecule has 1 heterocycles. The number of rotatable bonds is 2. The fourth-order valence-electron chi connectivity index (χ4n) is 2.87. The van der Waals surface area contributed by atoms with Crippen LogP contribution in [0.3, 0.4) is 0 Å². The smallest absolute Gasteiger partial charge is 0.0948 e. The summed E-state index contributed by atoms with van der Waals surface area (Å²) >= 11 is 0. The topological polar surface area (TPSA) is 23.5 Å². The molecule has 1 aromatic carbocycles. The van der Waals surface area contributed by atoms with Gasteiger partial charge in [0.05, 0.1) is 5.60 Å². The van der Waals surface area contributed by atoms with Gasteiger partial charge < -0.3 is 10.0 Å². The number of nitrogens with zero attached hydrogens (tertiary/aromatic N) is 1. The summed E-state index contributed by atoms with van der Waals surface area (Å²) in [6.07, 6.45) is 1.86. The van der Waals surface area contributed by atoms with E-state index < -0.39 is 5.60 Å². The highest BCUT2D eigenvalue weighted by Crippen LogP contribution is 2.38. The third kappa shape index (κ3) is 2.38. The van der Waals surface area contributed by atoms with Crippen LogP contribution in [0.25, 0.3) is 0 Å². The standard InChI is InChI=1S/C15H23NO/c1-4-13-11-16(3)10-9-15(13,17)14-7-5-12(2)6-8-14/h5-8,13,17H,4,9-11H2,1-3H3. The molecular weight excluding hydrogens is 210 g/mol. The monoisotopic (exact) mass is 233 g/mol. The molecule has 2 rings (SSSR count). The second kappa shape index (κ2) is 4.79. The molecule has 2 nitrogen and oxygen atoms in total. The van der Waals surface area contributed by atoms with Gasteiger partial charge in [-0.1, -0.05) is 36.8 Å². The van der Waals surface area contributed by atoms with E-state index in [1.165, 1.54) is 5.56 Å². The molecule has 2 heteroatoms. The van der Waals surface area contributed by atoms with Crippen LogP contribution in [0.4, 0.5) is 0 Å². The summed E-state index contributed by atoms with van der Waals surface area (Å²) in [7, 11) is 2.14. The van der Waals surface area contributed by atoms with Crippen molar-refractivity contribution >= 4 is 0 Å². The minimum absolute atomic E-state index is 0.337. The number of aryl methyl sites for hydroxylation is 1. The first-order chi connectivity index (χ1) is 8.06. The number of piperidine rings is 1.